The maximum atomic E-state index is 14.7. The van der Waals surface area contributed by atoms with Gasteiger partial charge < -0.3 is 5.11 Å². The Bertz CT molecular complexity index is 1390. The van der Waals surface area contributed by atoms with E-state index >= 15 is 0 Å². The molecular weight excluding hydrogens is 466 g/mol. The summed E-state index contributed by atoms with van der Waals surface area (Å²) in [5.74, 6) is -2.42. The maximum absolute atomic E-state index is 14.7. The smallest absolute Gasteiger partial charge is 0.243 e. The number of anilines is 1. The van der Waals surface area contributed by atoms with Gasteiger partial charge in [-0.3, -0.25) is 9.29 Å². The van der Waals surface area contributed by atoms with Gasteiger partial charge >= 0.3 is 0 Å². The first-order valence-corrected chi connectivity index (χ1v) is 11.7. The second kappa shape index (κ2) is 9.23. The lowest BCUT2D eigenvalue weighted by Gasteiger charge is -2.19. The number of benzene rings is 2. The molecule has 0 bridgehead atoms. The summed E-state index contributed by atoms with van der Waals surface area (Å²) < 4.78 is 58.7. The summed E-state index contributed by atoms with van der Waals surface area (Å²) in [6.07, 6.45) is 1.32. The molecule has 2 aromatic carbocycles. The highest BCUT2D eigenvalue weighted by atomic mass is 32.2. The molecule has 0 aliphatic rings. The van der Waals surface area contributed by atoms with Crippen LogP contribution in [0, 0.1) is 18.6 Å². The highest BCUT2D eigenvalue weighted by Gasteiger charge is 2.33. The number of hydrogen-bond acceptors (Lipinski definition) is 7. The summed E-state index contributed by atoms with van der Waals surface area (Å²) in [5, 5.41) is 16.9. The average Bonchev–Trinajstić information content (AvgIpc) is 3.21. The van der Waals surface area contributed by atoms with E-state index in [0.717, 1.165) is 22.3 Å². The Labute approximate surface area is 194 Å². The number of aromatic nitrogens is 5. The van der Waals surface area contributed by atoms with Gasteiger partial charge in [-0.25, -0.2) is 27.2 Å². The van der Waals surface area contributed by atoms with Crippen LogP contribution in [0.25, 0.3) is 17.1 Å². The zero-order valence-corrected chi connectivity index (χ0v) is 18.9. The number of nitrogens with one attached hydrogen (secondary N) is 1. The monoisotopic (exact) mass is 486 g/mol. The highest BCUT2D eigenvalue weighted by Crippen LogP contribution is 2.30. The number of aryl methyl sites for hydroxylation is 1. The molecular formula is C22H20F2N6O3S. The molecule has 4 aromatic rings. The van der Waals surface area contributed by atoms with Gasteiger partial charge in [-0.2, -0.15) is 0 Å². The Hall–Kier alpha value is -3.77. The van der Waals surface area contributed by atoms with Gasteiger partial charge in [-0.15, -0.1) is 10.2 Å². The standard InChI is InChI=1S/C22H20F2N6O3S/c1-13-11-25-20(26-12-13)19(31)14(2)34(32,33)29-22-28-27-21(15-7-4-3-5-8-15)30(22)18-16(23)9-6-10-17(18)24/h3-12,14,19,31H,1-2H3,(H,28,29). The largest absolute Gasteiger partial charge is 0.384 e. The van der Waals surface area contributed by atoms with Gasteiger partial charge in [0.15, 0.2) is 11.6 Å². The molecule has 0 aliphatic carbocycles. The third-order valence-corrected chi connectivity index (χ3v) is 6.79. The molecule has 0 amide bonds. The summed E-state index contributed by atoms with van der Waals surface area (Å²) in [7, 11) is -4.34. The van der Waals surface area contributed by atoms with Crippen molar-refractivity contribution in [2.24, 2.45) is 0 Å². The minimum atomic E-state index is -4.34. The first-order valence-electron chi connectivity index (χ1n) is 10.1. The number of hydrogen-bond donors (Lipinski definition) is 2. The van der Waals surface area contributed by atoms with Crippen LogP contribution in [-0.2, 0) is 10.0 Å². The molecule has 0 saturated carbocycles. The molecule has 2 unspecified atom stereocenters. The number of sulfonamides is 1. The van der Waals surface area contributed by atoms with E-state index in [0.29, 0.717) is 5.56 Å². The lowest BCUT2D eigenvalue weighted by Crippen LogP contribution is -2.32. The van der Waals surface area contributed by atoms with Gasteiger partial charge in [-0.05, 0) is 31.5 Å². The van der Waals surface area contributed by atoms with Crippen molar-refractivity contribution in [1.82, 2.24) is 24.7 Å². The Morgan fingerprint density at radius 2 is 1.59 bits per heavy atom. The van der Waals surface area contributed by atoms with Crippen LogP contribution in [-0.4, -0.2) is 43.5 Å². The van der Waals surface area contributed by atoms with E-state index in [9.17, 15) is 22.3 Å². The lowest BCUT2D eigenvalue weighted by atomic mass is 10.2. The minimum Gasteiger partial charge on any atom is -0.384 e. The second-order valence-corrected chi connectivity index (χ2v) is 9.57. The van der Waals surface area contributed by atoms with Gasteiger partial charge in [0.05, 0.1) is 0 Å². The second-order valence-electron chi connectivity index (χ2n) is 7.53. The van der Waals surface area contributed by atoms with Crippen LogP contribution in [0.4, 0.5) is 14.7 Å². The number of halogens is 2. The van der Waals surface area contributed by atoms with E-state index in [4.69, 9.17) is 0 Å². The predicted octanol–water partition coefficient (Wildman–Crippen LogP) is 3.17. The third-order valence-electron chi connectivity index (χ3n) is 5.09. The number of nitrogens with zero attached hydrogens (tertiary/aromatic N) is 5. The molecule has 4 rings (SSSR count). The summed E-state index contributed by atoms with van der Waals surface area (Å²) in [5.41, 5.74) is 0.626. The van der Waals surface area contributed by atoms with Crippen molar-refractivity contribution in [3.05, 3.63) is 83.9 Å². The molecule has 0 aliphatic heterocycles. The topological polar surface area (TPSA) is 123 Å². The zero-order chi connectivity index (χ0) is 24.5. The normalized spacial score (nSPS) is 13.4. The molecule has 2 aromatic heterocycles. The van der Waals surface area contributed by atoms with E-state index in [1.807, 2.05) is 0 Å². The Balaban J connectivity index is 1.77. The quantitative estimate of drug-likeness (QED) is 0.411. The molecule has 34 heavy (non-hydrogen) atoms. The fourth-order valence-corrected chi connectivity index (χ4v) is 4.23. The Morgan fingerprint density at radius 3 is 2.21 bits per heavy atom. The third kappa shape index (κ3) is 4.50. The molecule has 2 atom stereocenters. The Morgan fingerprint density at radius 1 is 0.971 bits per heavy atom. The SMILES string of the molecule is Cc1cnc(C(O)C(C)S(=O)(=O)Nc2nnc(-c3ccccc3)n2-c2c(F)cccc2F)nc1. The maximum Gasteiger partial charge on any atom is 0.243 e. The van der Waals surface area contributed by atoms with Crippen molar-refractivity contribution < 1.29 is 22.3 Å². The van der Waals surface area contributed by atoms with Crippen LogP contribution in [0.3, 0.4) is 0 Å². The minimum absolute atomic E-state index is 0.0115. The number of aliphatic hydroxyl groups excluding tert-OH is 1. The molecule has 2 heterocycles. The van der Waals surface area contributed by atoms with Crippen LogP contribution in [0.5, 0.6) is 0 Å². The van der Waals surface area contributed by atoms with Crippen molar-refractivity contribution in [2.45, 2.75) is 25.2 Å². The average molecular weight is 487 g/mol. The van der Waals surface area contributed by atoms with Crippen LogP contribution in [0.2, 0.25) is 0 Å². The van der Waals surface area contributed by atoms with E-state index in [1.165, 1.54) is 25.4 Å². The summed E-state index contributed by atoms with van der Waals surface area (Å²) in [6.45, 7) is 3.00. The molecule has 9 nitrogen and oxygen atoms in total. The zero-order valence-electron chi connectivity index (χ0n) is 18.1. The fourth-order valence-electron chi connectivity index (χ4n) is 3.19. The van der Waals surface area contributed by atoms with E-state index in [2.05, 4.69) is 24.9 Å². The predicted molar refractivity (Wildman–Crippen MR) is 120 cm³/mol. The van der Waals surface area contributed by atoms with Crippen LogP contribution in [0.15, 0.2) is 60.9 Å². The molecule has 0 spiro atoms. The van der Waals surface area contributed by atoms with E-state index in [1.54, 1.807) is 37.3 Å². The van der Waals surface area contributed by atoms with Gasteiger partial charge in [0, 0.05) is 18.0 Å². The first-order chi connectivity index (χ1) is 16.2. The van der Waals surface area contributed by atoms with Gasteiger partial charge in [0.25, 0.3) is 0 Å². The van der Waals surface area contributed by atoms with Crippen molar-refractivity contribution in [3.8, 4) is 17.1 Å². The number of rotatable bonds is 7. The molecule has 0 saturated heterocycles. The lowest BCUT2D eigenvalue weighted by molar-refractivity contribution is 0.166. The van der Waals surface area contributed by atoms with Crippen LogP contribution >= 0.6 is 0 Å². The molecule has 2 N–H and O–H groups in total. The number of aliphatic hydroxyl groups is 1. The van der Waals surface area contributed by atoms with Gasteiger partial charge in [0.1, 0.15) is 28.7 Å². The molecule has 0 fully saturated rings. The molecule has 12 heteroatoms. The van der Waals surface area contributed by atoms with Crippen molar-refractivity contribution in [3.63, 3.8) is 0 Å². The first kappa shape index (κ1) is 23.4. The van der Waals surface area contributed by atoms with Crippen LogP contribution < -0.4 is 4.72 Å². The van der Waals surface area contributed by atoms with Crippen molar-refractivity contribution >= 4 is 16.0 Å². The van der Waals surface area contributed by atoms with Crippen molar-refractivity contribution in [2.75, 3.05) is 4.72 Å². The summed E-state index contributed by atoms with van der Waals surface area (Å²) in [6, 6.07) is 11.7. The highest BCUT2D eigenvalue weighted by molar-refractivity contribution is 7.93. The summed E-state index contributed by atoms with van der Waals surface area (Å²) in [4.78, 5) is 7.93. The van der Waals surface area contributed by atoms with E-state index < -0.39 is 44.6 Å². The fraction of sp³-hybridized carbons (Fsp3) is 0.182. The Kier molecular flexibility index (Phi) is 6.35. The van der Waals surface area contributed by atoms with Crippen molar-refractivity contribution in [1.29, 1.82) is 0 Å². The van der Waals surface area contributed by atoms with Crippen LogP contribution in [0.1, 0.15) is 24.4 Å². The van der Waals surface area contributed by atoms with Gasteiger partial charge in [-0.1, -0.05) is 36.4 Å². The van der Waals surface area contributed by atoms with E-state index in [-0.39, 0.29) is 11.6 Å². The summed E-state index contributed by atoms with van der Waals surface area (Å²) >= 11 is 0. The molecule has 0 radical (unpaired) electrons. The molecule has 176 valence electrons. The number of para-hydroxylation sites is 1. The van der Waals surface area contributed by atoms with Gasteiger partial charge in [0.2, 0.25) is 16.0 Å².